The van der Waals surface area contributed by atoms with Gasteiger partial charge in [-0.05, 0) is 24.6 Å². The van der Waals surface area contributed by atoms with Crippen LogP contribution in [0, 0.1) is 5.92 Å². The van der Waals surface area contributed by atoms with Crippen LogP contribution in [0.5, 0.6) is 11.5 Å². The molecule has 0 saturated carbocycles. The van der Waals surface area contributed by atoms with Gasteiger partial charge in [-0.1, -0.05) is 43.0 Å². The van der Waals surface area contributed by atoms with Crippen LogP contribution in [-0.2, 0) is 0 Å². The van der Waals surface area contributed by atoms with Gasteiger partial charge in [-0.15, -0.1) is 0 Å². The highest BCUT2D eigenvalue weighted by Gasteiger charge is 2.09. The zero-order valence-electron chi connectivity index (χ0n) is 11.3. The lowest BCUT2D eigenvalue weighted by Gasteiger charge is -2.10. The van der Waals surface area contributed by atoms with Gasteiger partial charge in [0.25, 0.3) is 0 Å². The SMILES string of the molecule is C=C(C)c1cc(OC)cc(/C=C/C2C=CC=C2)c1O. The Labute approximate surface area is 114 Å². The van der Waals surface area contributed by atoms with Gasteiger partial charge < -0.3 is 9.84 Å². The van der Waals surface area contributed by atoms with Crippen molar-refractivity contribution in [2.75, 3.05) is 7.11 Å². The molecule has 1 aliphatic rings. The number of benzene rings is 1. The smallest absolute Gasteiger partial charge is 0.130 e. The number of aromatic hydroxyl groups is 1. The van der Waals surface area contributed by atoms with Crippen molar-refractivity contribution < 1.29 is 9.84 Å². The number of phenols is 1. The van der Waals surface area contributed by atoms with Crippen molar-refractivity contribution in [3.63, 3.8) is 0 Å². The summed E-state index contributed by atoms with van der Waals surface area (Å²) in [4.78, 5) is 0. The summed E-state index contributed by atoms with van der Waals surface area (Å²) in [5.74, 6) is 1.25. The van der Waals surface area contributed by atoms with Gasteiger partial charge >= 0.3 is 0 Å². The van der Waals surface area contributed by atoms with E-state index in [0.717, 1.165) is 16.7 Å². The van der Waals surface area contributed by atoms with Gasteiger partial charge in [-0.25, -0.2) is 0 Å². The predicted octanol–water partition coefficient (Wildman–Crippen LogP) is 4.19. The third-order valence-electron chi connectivity index (χ3n) is 3.08. The quantitative estimate of drug-likeness (QED) is 0.873. The molecule has 0 unspecified atom stereocenters. The first-order chi connectivity index (χ1) is 9.11. The van der Waals surface area contributed by atoms with Gasteiger partial charge in [0.1, 0.15) is 11.5 Å². The van der Waals surface area contributed by atoms with E-state index in [1.54, 1.807) is 13.2 Å². The van der Waals surface area contributed by atoms with Crippen molar-refractivity contribution in [2.24, 2.45) is 5.92 Å². The number of methoxy groups -OCH3 is 1. The summed E-state index contributed by atoms with van der Waals surface area (Å²) in [6.07, 6.45) is 12.2. The lowest BCUT2D eigenvalue weighted by molar-refractivity contribution is 0.411. The van der Waals surface area contributed by atoms with Crippen LogP contribution in [0.3, 0.4) is 0 Å². The lowest BCUT2D eigenvalue weighted by Crippen LogP contribution is -1.90. The summed E-state index contributed by atoms with van der Waals surface area (Å²) < 4.78 is 5.26. The lowest BCUT2D eigenvalue weighted by atomic mass is 10.0. The monoisotopic (exact) mass is 254 g/mol. The summed E-state index contributed by atoms with van der Waals surface area (Å²) in [5, 5.41) is 10.2. The summed E-state index contributed by atoms with van der Waals surface area (Å²) in [5.41, 5.74) is 2.27. The summed E-state index contributed by atoms with van der Waals surface area (Å²) >= 11 is 0. The van der Waals surface area contributed by atoms with E-state index in [2.05, 4.69) is 18.7 Å². The van der Waals surface area contributed by atoms with Crippen LogP contribution in [0.15, 0.2) is 49.1 Å². The van der Waals surface area contributed by atoms with E-state index in [0.29, 0.717) is 11.7 Å². The highest BCUT2D eigenvalue weighted by atomic mass is 16.5. The maximum atomic E-state index is 10.2. The molecule has 1 N–H and O–H groups in total. The molecule has 0 heterocycles. The second-order valence-corrected chi connectivity index (χ2v) is 4.60. The maximum Gasteiger partial charge on any atom is 0.130 e. The van der Waals surface area contributed by atoms with Gasteiger partial charge in [-0.3, -0.25) is 0 Å². The van der Waals surface area contributed by atoms with Crippen molar-refractivity contribution in [2.45, 2.75) is 6.92 Å². The van der Waals surface area contributed by atoms with Gasteiger partial charge in [-0.2, -0.15) is 0 Å². The van der Waals surface area contributed by atoms with Gasteiger partial charge in [0.15, 0.2) is 0 Å². The Kier molecular flexibility index (Phi) is 3.91. The Balaban J connectivity index is 2.38. The molecule has 1 aromatic carbocycles. The molecule has 2 heteroatoms. The van der Waals surface area contributed by atoms with E-state index in [1.807, 2.05) is 37.3 Å². The molecular formula is C17H18O2. The molecule has 98 valence electrons. The van der Waals surface area contributed by atoms with Gasteiger partial charge in [0.2, 0.25) is 0 Å². The first kappa shape index (κ1) is 13.2. The average molecular weight is 254 g/mol. The molecule has 0 saturated heterocycles. The van der Waals surface area contributed by atoms with E-state index in [9.17, 15) is 5.11 Å². The van der Waals surface area contributed by atoms with Crippen molar-refractivity contribution in [3.05, 3.63) is 60.2 Å². The van der Waals surface area contributed by atoms with E-state index < -0.39 is 0 Å². The standard InChI is InChI=1S/C17H18O2/c1-12(2)16-11-15(19-3)10-14(17(16)18)9-8-13-6-4-5-7-13/h4-11,13,18H,1H2,2-3H3/b9-8+. The minimum Gasteiger partial charge on any atom is -0.507 e. The summed E-state index contributed by atoms with van der Waals surface area (Å²) in [6.45, 7) is 5.74. The van der Waals surface area contributed by atoms with Crippen LogP contribution in [0.1, 0.15) is 18.1 Å². The van der Waals surface area contributed by atoms with Crippen LogP contribution in [0.2, 0.25) is 0 Å². The number of phenolic OH excluding ortho intramolecular Hbond substituents is 1. The summed E-state index contributed by atoms with van der Waals surface area (Å²) in [6, 6.07) is 3.62. The van der Waals surface area contributed by atoms with Crippen LogP contribution < -0.4 is 4.74 Å². The minimum atomic E-state index is 0.246. The molecule has 0 amide bonds. The molecule has 0 radical (unpaired) electrons. The highest BCUT2D eigenvalue weighted by Crippen LogP contribution is 2.33. The predicted molar refractivity (Wildman–Crippen MR) is 80.2 cm³/mol. The third-order valence-corrected chi connectivity index (χ3v) is 3.08. The van der Waals surface area contributed by atoms with Gasteiger partial charge in [0.05, 0.1) is 7.11 Å². The molecule has 0 atom stereocenters. The Morgan fingerprint density at radius 1 is 1.32 bits per heavy atom. The molecule has 2 rings (SSSR count). The summed E-state index contributed by atoms with van der Waals surface area (Å²) in [7, 11) is 1.62. The number of hydrogen-bond donors (Lipinski definition) is 1. The maximum absolute atomic E-state index is 10.2. The Hall–Kier alpha value is -2.22. The Morgan fingerprint density at radius 2 is 2.00 bits per heavy atom. The zero-order valence-corrected chi connectivity index (χ0v) is 11.3. The minimum absolute atomic E-state index is 0.246. The van der Waals surface area contributed by atoms with E-state index in [1.165, 1.54) is 0 Å². The van der Waals surface area contributed by atoms with Crippen LogP contribution in [0.4, 0.5) is 0 Å². The van der Waals surface area contributed by atoms with Crippen molar-refractivity contribution in [3.8, 4) is 11.5 Å². The molecule has 0 aliphatic heterocycles. The van der Waals surface area contributed by atoms with Gasteiger partial charge in [0, 0.05) is 17.0 Å². The molecule has 0 bridgehead atoms. The number of ether oxygens (including phenoxy) is 1. The second kappa shape index (κ2) is 5.61. The molecule has 2 nitrogen and oxygen atoms in total. The molecule has 0 aromatic heterocycles. The van der Waals surface area contributed by atoms with Crippen LogP contribution >= 0.6 is 0 Å². The van der Waals surface area contributed by atoms with Crippen LogP contribution in [-0.4, -0.2) is 12.2 Å². The topological polar surface area (TPSA) is 29.5 Å². The fourth-order valence-electron chi connectivity index (χ4n) is 1.99. The number of hydrogen-bond acceptors (Lipinski definition) is 2. The third kappa shape index (κ3) is 2.97. The first-order valence-corrected chi connectivity index (χ1v) is 6.22. The zero-order chi connectivity index (χ0) is 13.8. The number of rotatable bonds is 4. The molecule has 0 fully saturated rings. The van der Waals surface area contributed by atoms with E-state index in [-0.39, 0.29) is 5.75 Å². The van der Waals surface area contributed by atoms with Crippen LogP contribution in [0.25, 0.3) is 11.6 Å². The molecule has 0 spiro atoms. The number of allylic oxidation sites excluding steroid dienone is 6. The molecule has 1 aliphatic carbocycles. The fraction of sp³-hybridized carbons (Fsp3) is 0.176. The molecule has 1 aromatic rings. The van der Waals surface area contributed by atoms with Crippen molar-refractivity contribution in [1.29, 1.82) is 0 Å². The fourth-order valence-corrected chi connectivity index (χ4v) is 1.99. The van der Waals surface area contributed by atoms with Crippen molar-refractivity contribution >= 4 is 11.6 Å². The Morgan fingerprint density at radius 3 is 2.58 bits per heavy atom. The Bertz CT molecular complexity index is 565. The normalized spacial score (nSPS) is 14.4. The second-order valence-electron chi connectivity index (χ2n) is 4.60. The molecule has 19 heavy (non-hydrogen) atoms. The first-order valence-electron chi connectivity index (χ1n) is 6.22. The highest BCUT2D eigenvalue weighted by molar-refractivity contribution is 5.74. The van der Waals surface area contributed by atoms with E-state index >= 15 is 0 Å². The van der Waals surface area contributed by atoms with E-state index in [4.69, 9.17) is 4.74 Å². The molecular weight excluding hydrogens is 236 g/mol. The average Bonchev–Trinajstić information content (AvgIpc) is 2.90. The van der Waals surface area contributed by atoms with Crippen molar-refractivity contribution in [1.82, 2.24) is 0 Å². The largest absolute Gasteiger partial charge is 0.507 e.